The van der Waals surface area contributed by atoms with Crippen molar-refractivity contribution in [2.45, 2.75) is 44.5 Å². The van der Waals surface area contributed by atoms with Gasteiger partial charge < -0.3 is 15.7 Å². The van der Waals surface area contributed by atoms with Gasteiger partial charge in [0.2, 0.25) is 11.5 Å². The number of benzene rings is 2. The molecule has 32 heavy (non-hydrogen) atoms. The third-order valence-electron chi connectivity index (χ3n) is 5.47. The normalized spacial score (nSPS) is 15.9. The standard InChI is InChI=1S/C22H22Cl3F3N2O2/c1-12-6-16(5-4-14(12)10-29-19(31)7-13-2-3-13)30-11-21(32,22(26,27)28)15-8-17(23)20(25)18(24)9-15/h4-6,8-9,13,30,32H,2-3,7,10-11H2,1H3,(H,29,31)/t21-/m1/s1. The molecule has 3 rings (SSSR count). The maximum atomic E-state index is 13.8. The molecule has 0 heterocycles. The van der Waals surface area contributed by atoms with Gasteiger partial charge in [0.25, 0.3) is 0 Å². The molecule has 1 atom stereocenters. The van der Waals surface area contributed by atoms with E-state index in [1.165, 1.54) is 0 Å². The molecule has 1 aliphatic carbocycles. The Labute approximate surface area is 199 Å². The van der Waals surface area contributed by atoms with Crippen LogP contribution in [0.1, 0.15) is 36.0 Å². The van der Waals surface area contributed by atoms with Crippen molar-refractivity contribution < 1.29 is 23.1 Å². The summed E-state index contributed by atoms with van der Waals surface area (Å²) in [6, 6.07) is 6.86. The van der Waals surface area contributed by atoms with E-state index in [1.807, 2.05) is 0 Å². The van der Waals surface area contributed by atoms with Gasteiger partial charge in [-0.2, -0.15) is 13.2 Å². The van der Waals surface area contributed by atoms with Crippen LogP contribution in [0.3, 0.4) is 0 Å². The number of aliphatic hydroxyl groups is 1. The molecule has 174 valence electrons. The molecule has 10 heteroatoms. The first-order chi connectivity index (χ1) is 14.9. The van der Waals surface area contributed by atoms with Crippen LogP contribution >= 0.6 is 34.8 Å². The second-order valence-electron chi connectivity index (χ2n) is 8.03. The first-order valence-corrected chi connectivity index (χ1v) is 11.1. The number of carbonyl (C=O) groups is 1. The molecule has 0 unspecified atom stereocenters. The van der Waals surface area contributed by atoms with Crippen LogP contribution in [0.25, 0.3) is 0 Å². The lowest BCUT2D eigenvalue weighted by Gasteiger charge is -2.32. The maximum Gasteiger partial charge on any atom is 0.423 e. The van der Waals surface area contributed by atoms with Gasteiger partial charge in [0.1, 0.15) is 0 Å². The lowest BCUT2D eigenvalue weighted by atomic mass is 9.92. The number of anilines is 1. The molecule has 1 saturated carbocycles. The second kappa shape index (κ2) is 9.67. The van der Waals surface area contributed by atoms with E-state index in [0.29, 0.717) is 24.6 Å². The van der Waals surface area contributed by atoms with Gasteiger partial charge in [-0.15, -0.1) is 0 Å². The Balaban J connectivity index is 1.72. The van der Waals surface area contributed by atoms with Crippen LogP contribution in [0.5, 0.6) is 0 Å². The van der Waals surface area contributed by atoms with Crippen molar-refractivity contribution in [2.75, 3.05) is 11.9 Å². The van der Waals surface area contributed by atoms with Crippen LogP contribution in [0.15, 0.2) is 30.3 Å². The molecule has 0 aliphatic heterocycles. The highest BCUT2D eigenvalue weighted by Crippen LogP contribution is 2.43. The molecule has 3 N–H and O–H groups in total. The maximum absolute atomic E-state index is 13.8. The number of nitrogens with one attached hydrogen (secondary N) is 2. The van der Waals surface area contributed by atoms with Crippen molar-refractivity contribution in [3.05, 3.63) is 62.1 Å². The number of hydrogen-bond donors (Lipinski definition) is 3. The van der Waals surface area contributed by atoms with Crippen LogP contribution in [0.2, 0.25) is 15.1 Å². The van der Waals surface area contributed by atoms with Gasteiger partial charge in [-0.3, -0.25) is 4.79 Å². The summed E-state index contributed by atoms with van der Waals surface area (Å²) in [5, 5.41) is 15.6. The highest BCUT2D eigenvalue weighted by Gasteiger charge is 2.55. The quantitative estimate of drug-likeness (QED) is 0.370. The average Bonchev–Trinajstić information content (AvgIpc) is 3.52. The average molecular weight is 510 g/mol. The molecule has 2 aromatic carbocycles. The number of aryl methyl sites for hydroxylation is 1. The third kappa shape index (κ3) is 5.81. The fraction of sp³-hybridized carbons (Fsp3) is 0.409. The fourth-order valence-corrected chi connectivity index (χ4v) is 3.84. The summed E-state index contributed by atoms with van der Waals surface area (Å²) in [5.74, 6) is 0.477. The van der Waals surface area contributed by atoms with E-state index < -0.39 is 23.9 Å². The highest BCUT2D eigenvalue weighted by atomic mass is 35.5. The summed E-state index contributed by atoms with van der Waals surface area (Å²) in [6.07, 6.45) is -2.31. The predicted octanol–water partition coefficient (Wildman–Crippen LogP) is 6.23. The molecule has 4 nitrogen and oxygen atoms in total. The van der Waals surface area contributed by atoms with Gasteiger partial charge in [-0.25, -0.2) is 0 Å². The zero-order chi connectivity index (χ0) is 23.7. The monoisotopic (exact) mass is 508 g/mol. The van der Waals surface area contributed by atoms with Gasteiger partial charge in [0.05, 0.1) is 21.6 Å². The Bertz CT molecular complexity index is 989. The molecule has 0 radical (unpaired) electrons. The van der Waals surface area contributed by atoms with Crippen LogP contribution in [0.4, 0.5) is 18.9 Å². The van der Waals surface area contributed by atoms with E-state index >= 15 is 0 Å². The van der Waals surface area contributed by atoms with Crippen LogP contribution in [-0.2, 0) is 16.9 Å². The fourth-order valence-electron chi connectivity index (χ4n) is 3.24. The Kier molecular flexibility index (Phi) is 7.55. The lowest BCUT2D eigenvalue weighted by molar-refractivity contribution is -0.260. The number of halogens is 6. The summed E-state index contributed by atoms with van der Waals surface area (Å²) in [5.41, 5.74) is -1.77. The van der Waals surface area contributed by atoms with E-state index in [4.69, 9.17) is 34.8 Å². The number of rotatable bonds is 8. The number of carbonyl (C=O) groups excluding carboxylic acids is 1. The number of alkyl halides is 3. The van der Waals surface area contributed by atoms with Crippen molar-refractivity contribution >= 4 is 46.4 Å². The van der Waals surface area contributed by atoms with Crippen molar-refractivity contribution in [3.8, 4) is 0 Å². The Morgan fingerprint density at radius 2 is 1.75 bits per heavy atom. The van der Waals surface area contributed by atoms with Gasteiger partial charge in [-0.1, -0.05) is 40.9 Å². The summed E-state index contributed by atoms with van der Waals surface area (Å²) in [7, 11) is 0. The van der Waals surface area contributed by atoms with Gasteiger partial charge in [0.15, 0.2) is 0 Å². The Hall–Kier alpha value is -1.67. The first kappa shape index (κ1) is 25.0. The SMILES string of the molecule is Cc1cc(NC[C@@](O)(c2cc(Cl)c(Cl)c(Cl)c2)C(F)(F)F)ccc1CNC(=O)CC1CC1. The van der Waals surface area contributed by atoms with Crippen molar-refractivity contribution in [2.24, 2.45) is 5.92 Å². The summed E-state index contributed by atoms with van der Waals surface area (Å²) in [6.45, 7) is 1.26. The molecule has 0 spiro atoms. The van der Waals surface area contributed by atoms with Crippen molar-refractivity contribution in [3.63, 3.8) is 0 Å². The first-order valence-electron chi connectivity index (χ1n) is 9.95. The minimum atomic E-state index is -5.01. The number of amides is 1. The Morgan fingerprint density at radius 1 is 1.12 bits per heavy atom. The third-order valence-corrected chi connectivity index (χ3v) is 6.67. The molecular weight excluding hydrogens is 488 g/mol. The van der Waals surface area contributed by atoms with E-state index in [9.17, 15) is 23.1 Å². The molecule has 0 aromatic heterocycles. The van der Waals surface area contributed by atoms with E-state index in [0.717, 1.165) is 36.1 Å². The topological polar surface area (TPSA) is 61.4 Å². The van der Waals surface area contributed by atoms with Crippen molar-refractivity contribution in [1.82, 2.24) is 5.32 Å². The van der Waals surface area contributed by atoms with Crippen LogP contribution in [-0.4, -0.2) is 23.7 Å². The number of hydrogen-bond acceptors (Lipinski definition) is 3. The molecule has 0 bridgehead atoms. The summed E-state index contributed by atoms with van der Waals surface area (Å²) >= 11 is 17.6. The second-order valence-corrected chi connectivity index (χ2v) is 9.22. The lowest BCUT2D eigenvalue weighted by Crippen LogP contribution is -2.47. The summed E-state index contributed by atoms with van der Waals surface area (Å²) < 4.78 is 41.5. The molecule has 0 saturated heterocycles. The van der Waals surface area contributed by atoms with Gasteiger partial charge in [0, 0.05) is 18.7 Å². The molecular formula is C22H22Cl3F3N2O2. The van der Waals surface area contributed by atoms with Crippen LogP contribution in [0, 0.1) is 12.8 Å². The summed E-state index contributed by atoms with van der Waals surface area (Å²) in [4.78, 5) is 11.9. The zero-order valence-electron chi connectivity index (χ0n) is 17.1. The Morgan fingerprint density at radius 3 is 2.28 bits per heavy atom. The molecule has 1 fully saturated rings. The zero-order valence-corrected chi connectivity index (χ0v) is 19.4. The van der Waals surface area contributed by atoms with Gasteiger partial charge >= 0.3 is 6.18 Å². The largest absolute Gasteiger partial charge is 0.423 e. The predicted molar refractivity (Wildman–Crippen MR) is 120 cm³/mol. The molecule has 2 aromatic rings. The van der Waals surface area contributed by atoms with E-state index in [1.54, 1.807) is 25.1 Å². The molecule has 1 aliphatic rings. The smallest absolute Gasteiger partial charge is 0.381 e. The molecule has 1 amide bonds. The highest BCUT2D eigenvalue weighted by molar-refractivity contribution is 6.48. The van der Waals surface area contributed by atoms with Crippen molar-refractivity contribution in [1.29, 1.82) is 0 Å². The van der Waals surface area contributed by atoms with Crippen LogP contribution < -0.4 is 10.6 Å². The minimum Gasteiger partial charge on any atom is -0.381 e. The van der Waals surface area contributed by atoms with E-state index in [2.05, 4.69) is 10.6 Å². The van der Waals surface area contributed by atoms with E-state index in [-0.39, 0.29) is 21.0 Å². The van der Waals surface area contributed by atoms with Gasteiger partial charge in [-0.05, 0) is 66.6 Å². The minimum absolute atomic E-state index is 0.00960.